The van der Waals surface area contributed by atoms with Crippen molar-refractivity contribution in [3.63, 3.8) is 0 Å². The topological polar surface area (TPSA) is 72.0 Å². The van der Waals surface area contributed by atoms with E-state index in [4.69, 9.17) is 9.47 Å². The van der Waals surface area contributed by atoms with Crippen LogP contribution in [0.25, 0.3) is 22.0 Å². The SMILES string of the molecule is Cc1c2c(cc3c4c(cnc13)OC[C@H]1CN(C(=O)OC(C)(C)C)[C@H](C)CN41)C(=O)c1cccc(F)c1-2. The van der Waals surface area contributed by atoms with Crippen molar-refractivity contribution in [2.45, 2.75) is 52.3 Å². The Morgan fingerprint density at radius 1 is 1.19 bits per heavy atom. The number of halogens is 1. The molecule has 0 spiro atoms. The Labute approximate surface area is 208 Å². The van der Waals surface area contributed by atoms with Crippen molar-refractivity contribution in [1.82, 2.24) is 9.88 Å². The molecule has 2 aromatic carbocycles. The van der Waals surface area contributed by atoms with E-state index < -0.39 is 11.4 Å². The van der Waals surface area contributed by atoms with Crippen LogP contribution in [-0.2, 0) is 4.74 Å². The summed E-state index contributed by atoms with van der Waals surface area (Å²) >= 11 is 0. The molecule has 0 saturated carbocycles. The lowest BCUT2D eigenvalue weighted by molar-refractivity contribution is 0.00996. The molecule has 1 fully saturated rings. The number of anilines is 1. The van der Waals surface area contributed by atoms with Gasteiger partial charge in [-0.3, -0.25) is 9.78 Å². The Kier molecular flexibility index (Phi) is 4.84. The fourth-order valence-electron chi connectivity index (χ4n) is 5.70. The minimum atomic E-state index is -0.576. The molecule has 0 unspecified atom stereocenters. The molecule has 8 heteroatoms. The molecule has 186 valence electrons. The van der Waals surface area contributed by atoms with E-state index in [0.717, 1.165) is 16.6 Å². The van der Waals surface area contributed by atoms with Crippen LogP contribution in [0.3, 0.4) is 0 Å². The first kappa shape index (κ1) is 22.8. The standard InChI is InChI=1S/C28H28FN3O4/c1-14-11-32-16(12-31(14)27(34)36-28(3,4)5)13-35-21-10-30-24-15(2)22-18(9-19(24)25(21)32)26(33)17-7-6-8-20(29)23(17)22/h6-10,14,16H,11-13H2,1-5H3/t14-,16-/m1/s1. The Hall–Kier alpha value is -3.68. The number of aromatic nitrogens is 1. The number of piperazine rings is 1. The maximum Gasteiger partial charge on any atom is 0.410 e. The Morgan fingerprint density at radius 3 is 2.72 bits per heavy atom. The van der Waals surface area contributed by atoms with Gasteiger partial charge >= 0.3 is 6.09 Å². The van der Waals surface area contributed by atoms with Gasteiger partial charge in [0.05, 0.1) is 23.4 Å². The fraction of sp³-hybridized carbons (Fsp3) is 0.393. The van der Waals surface area contributed by atoms with Crippen LogP contribution in [0.1, 0.15) is 49.2 Å². The van der Waals surface area contributed by atoms with Gasteiger partial charge < -0.3 is 19.3 Å². The monoisotopic (exact) mass is 489 g/mol. The summed E-state index contributed by atoms with van der Waals surface area (Å²) in [6.45, 7) is 10.9. The summed E-state index contributed by atoms with van der Waals surface area (Å²) in [6, 6.07) is 6.28. The lowest BCUT2D eigenvalue weighted by atomic mass is 9.94. The number of carbonyl (C=O) groups is 2. The summed E-state index contributed by atoms with van der Waals surface area (Å²) in [5.41, 5.74) is 3.60. The highest BCUT2D eigenvalue weighted by atomic mass is 19.1. The summed E-state index contributed by atoms with van der Waals surface area (Å²) in [7, 11) is 0. The van der Waals surface area contributed by atoms with Gasteiger partial charge in [0.2, 0.25) is 0 Å². The molecule has 7 nitrogen and oxygen atoms in total. The van der Waals surface area contributed by atoms with E-state index in [1.54, 1.807) is 23.2 Å². The van der Waals surface area contributed by atoms with Crippen molar-refractivity contribution in [1.29, 1.82) is 0 Å². The van der Waals surface area contributed by atoms with Crippen LogP contribution in [0.2, 0.25) is 0 Å². The molecule has 1 aliphatic carbocycles. The van der Waals surface area contributed by atoms with E-state index in [0.29, 0.717) is 53.2 Å². The Balaban J connectivity index is 1.45. The number of hydrogen-bond donors (Lipinski definition) is 0. The highest BCUT2D eigenvalue weighted by Crippen LogP contribution is 2.47. The van der Waals surface area contributed by atoms with Crippen LogP contribution in [-0.4, -0.2) is 59.1 Å². The van der Waals surface area contributed by atoms with Gasteiger partial charge in [-0.25, -0.2) is 9.18 Å². The van der Waals surface area contributed by atoms with Crippen molar-refractivity contribution < 1.29 is 23.5 Å². The minimum absolute atomic E-state index is 0.0780. The van der Waals surface area contributed by atoms with E-state index in [2.05, 4.69) is 9.88 Å². The Morgan fingerprint density at radius 2 is 1.97 bits per heavy atom. The second-order valence-corrected chi connectivity index (χ2v) is 10.9. The maximum absolute atomic E-state index is 14.8. The number of aryl methyl sites for hydroxylation is 1. The second kappa shape index (κ2) is 7.66. The molecule has 6 rings (SSSR count). The molecule has 3 aliphatic rings. The smallest absolute Gasteiger partial charge is 0.410 e. The van der Waals surface area contributed by atoms with E-state index in [1.807, 2.05) is 40.7 Å². The van der Waals surface area contributed by atoms with Crippen LogP contribution in [0, 0.1) is 12.7 Å². The van der Waals surface area contributed by atoms with Crippen molar-refractivity contribution in [3.05, 3.63) is 53.0 Å². The van der Waals surface area contributed by atoms with Gasteiger partial charge in [-0.05, 0) is 52.3 Å². The van der Waals surface area contributed by atoms with Crippen LogP contribution in [0.15, 0.2) is 30.5 Å². The molecule has 0 bridgehead atoms. The highest BCUT2D eigenvalue weighted by molar-refractivity contribution is 6.24. The molecule has 2 aliphatic heterocycles. The number of amides is 1. The quantitative estimate of drug-likeness (QED) is 0.342. The third-order valence-electron chi connectivity index (χ3n) is 7.28. The highest BCUT2D eigenvalue weighted by Gasteiger charge is 2.41. The first-order valence-electron chi connectivity index (χ1n) is 12.2. The molecule has 2 atom stereocenters. The fourth-order valence-corrected chi connectivity index (χ4v) is 5.70. The average Bonchev–Trinajstić information content (AvgIpc) is 3.10. The summed E-state index contributed by atoms with van der Waals surface area (Å²) in [4.78, 5) is 34.8. The van der Waals surface area contributed by atoms with Crippen LogP contribution >= 0.6 is 0 Å². The number of hydrogen-bond acceptors (Lipinski definition) is 6. The summed E-state index contributed by atoms with van der Waals surface area (Å²) < 4.78 is 26.6. The van der Waals surface area contributed by atoms with Crippen molar-refractivity contribution in [2.75, 3.05) is 24.6 Å². The van der Waals surface area contributed by atoms with E-state index >= 15 is 0 Å². The first-order valence-corrected chi connectivity index (χ1v) is 12.2. The van der Waals surface area contributed by atoms with E-state index in [9.17, 15) is 14.0 Å². The third kappa shape index (κ3) is 3.27. The molecule has 0 radical (unpaired) electrons. The van der Waals surface area contributed by atoms with E-state index in [-0.39, 0.29) is 24.0 Å². The predicted molar refractivity (Wildman–Crippen MR) is 134 cm³/mol. The lowest BCUT2D eigenvalue weighted by Gasteiger charge is -2.48. The summed E-state index contributed by atoms with van der Waals surface area (Å²) in [5.74, 6) is 0.0548. The minimum Gasteiger partial charge on any atom is -0.488 e. The molecule has 1 aromatic heterocycles. The molecule has 1 amide bonds. The van der Waals surface area contributed by atoms with Crippen LogP contribution in [0.4, 0.5) is 14.9 Å². The van der Waals surface area contributed by atoms with Gasteiger partial charge in [0.25, 0.3) is 0 Å². The van der Waals surface area contributed by atoms with Gasteiger partial charge in [0.1, 0.15) is 18.0 Å². The number of benzene rings is 2. The predicted octanol–water partition coefficient (Wildman–Crippen LogP) is 5.10. The Bertz CT molecular complexity index is 1460. The van der Waals surface area contributed by atoms with E-state index in [1.165, 1.54) is 6.07 Å². The zero-order chi connectivity index (χ0) is 25.5. The van der Waals surface area contributed by atoms with Crippen molar-refractivity contribution >= 4 is 28.5 Å². The molecule has 36 heavy (non-hydrogen) atoms. The lowest BCUT2D eigenvalue weighted by Crippen LogP contribution is -2.62. The van der Waals surface area contributed by atoms with Gasteiger partial charge in [-0.15, -0.1) is 0 Å². The van der Waals surface area contributed by atoms with Gasteiger partial charge in [0.15, 0.2) is 11.5 Å². The first-order chi connectivity index (χ1) is 17.0. The molecule has 3 heterocycles. The number of fused-ring (bicyclic) bond motifs is 8. The maximum atomic E-state index is 14.8. The summed E-state index contributed by atoms with van der Waals surface area (Å²) in [6.07, 6.45) is 1.37. The molecule has 1 saturated heterocycles. The molecule has 0 N–H and O–H groups in total. The zero-order valence-electron chi connectivity index (χ0n) is 21.0. The van der Waals surface area contributed by atoms with Gasteiger partial charge in [-0.1, -0.05) is 12.1 Å². The largest absolute Gasteiger partial charge is 0.488 e. The number of ketones is 1. The average molecular weight is 490 g/mol. The normalized spacial score (nSPS) is 20.4. The molecular formula is C28H28FN3O4. The van der Waals surface area contributed by atoms with Crippen molar-refractivity contribution in [2.24, 2.45) is 0 Å². The van der Waals surface area contributed by atoms with Gasteiger partial charge in [-0.2, -0.15) is 0 Å². The number of ether oxygens (including phenoxy) is 2. The second-order valence-electron chi connectivity index (χ2n) is 10.9. The van der Waals surface area contributed by atoms with Crippen molar-refractivity contribution in [3.8, 4) is 16.9 Å². The van der Waals surface area contributed by atoms with Crippen LogP contribution in [0.5, 0.6) is 5.75 Å². The number of carbonyl (C=O) groups excluding carboxylic acids is 2. The zero-order valence-corrected chi connectivity index (χ0v) is 21.0. The summed E-state index contributed by atoms with van der Waals surface area (Å²) in [5, 5.41) is 0.799. The number of rotatable bonds is 0. The molecular weight excluding hydrogens is 461 g/mol. The number of pyridine rings is 1. The number of nitrogens with zero attached hydrogens (tertiary/aromatic N) is 3. The van der Waals surface area contributed by atoms with Gasteiger partial charge in [0, 0.05) is 46.8 Å². The van der Waals surface area contributed by atoms with Crippen LogP contribution < -0.4 is 9.64 Å². The third-order valence-corrected chi connectivity index (χ3v) is 7.28. The molecule has 3 aromatic rings.